The number of ether oxygens (including phenoxy) is 1. The molecule has 3 aromatic carbocycles. The number of hydrogen-bond acceptors (Lipinski definition) is 3. The molecule has 4 nitrogen and oxygen atoms in total. The van der Waals surface area contributed by atoms with Crippen LogP contribution in [0.1, 0.15) is 15.9 Å². The Morgan fingerprint density at radius 3 is 2.60 bits per heavy atom. The van der Waals surface area contributed by atoms with Gasteiger partial charge in [0.15, 0.2) is 6.61 Å². The molecule has 0 unspecified atom stereocenters. The fraction of sp³-hybridized carbons (Fsp3) is 0.100. The van der Waals surface area contributed by atoms with E-state index in [9.17, 15) is 9.59 Å². The third-order valence-corrected chi connectivity index (χ3v) is 4.04. The Balaban J connectivity index is 1.66. The lowest BCUT2D eigenvalue weighted by atomic mass is 10.1. The number of hydrogen-bond donors (Lipinski definition) is 1. The molecule has 0 bridgehead atoms. The van der Waals surface area contributed by atoms with Crippen molar-refractivity contribution < 1.29 is 14.3 Å². The van der Waals surface area contributed by atoms with Crippen LogP contribution >= 0.6 is 11.6 Å². The van der Waals surface area contributed by atoms with Crippen LogP contribution in [-0.4, -0.2) is 18.5 Å². The first-order valence-electron chi connectivity index (χ1n) is 7.75. The summed E-state index contributed by atoms with van der Waals surface area (Å²) in [6.07, 6.45) is 0. The van der Waals surface area contributed by atoms with Crippen LogP contribution in [0.15, 0.2) is 60.7 Å². The maximum Gasteiger partial charge on any atom is 0.339 e. The van der Waals surface area contributed by atoms with Crippen molar-refractivity contribution in [1.29, 1.82) is 0 Å². The highest BCUT2D eigenvalue weighted by Crippen LogP contribution is 2.20. The normalized spacial score (nSPS) is 10.5. The van der Waals surface area contributed by atoms with E-state index in [4.69, 9.17) is 16.3 Å². The number of halogens is 1. The van der Waals surface area contributed by atoms with Gasteiger partial charge in [0.2, 0.25) is 0 Å². The van der Waals surface area contributed by atoms with Gasteiger partial charge in [-0.15, -0.1) is 0 Å². The highest BCUT2D eigenvalue weighted by Gasteiger charge is 2.13. The first kappa shape index (κ1) is 17.0. The monoisotopic (exact) mass is 353 g/mol. The third-order valence-electron chi connectivity index (χ3n) is 3.81. The van der Waals surface area contributed by atoms with Crippen molar-refractivity contribution in [1.82, 2.24) is 0 Å². The Kier molecular flexibility index (Phi) is 5.00. The molecule has 0 saturated carbocycles. The minimum atomic E-state index is -0.528. The number of benzene rings is 3. The molecule has 0 aliphatic carbocycles. The molecule has 0 aliphatic heterocycles. The number of carbonyl (C=O) groups is 2. The summed E-state index contributed by atoms with van der Waals surface area (Å²) in [5.41, 5.74) is 1.91. The number of amides is 1. The van der Waals surface area contributed by atoms with Crippen LogP contribution < -0.4 is 5.32 Å². The zero-order chi connectivity index (χ0) is 17.8. The molecule has 0 fully saturated rings. The van der Waals surface area contributed by atoms with Crippen molar-refractivity contribution in [3.8, 4) is 0 Å². The first-order valence-corrected chi connectivity index (χ1v) is 8.13. The van der Waals surface area contributed by atoms with Crippen LogP contribution in [0.3, 0.4) is 0 Å². The van der Waals surface area contributed by atoms with Gasteiger partial charge in [-0.1, -0.05) is 48.0 Å². The second kappa shape index (κ2) is 7.36. The topological polar surface area (TPSA) is 55.4 Å². The number of nitrogens with one attached hydrogen (secondary N) is 1. The fourth-order valence-corrected chi connectivity index (χ4v) is 2.79. The molecule has 0 atom stereocenters. The molecular formula is C20H16ClNO3. The van der Waals surface area contributed by atoms with E-state index in [0.29, 0.717) is 16.3 Å². The molecule has 0 aromatic heterocycles. The van der Waals surface area contributed by atoms with Gasteiger partial charge < -0.3 is 10.1 Å². The van der Waals surface area contributed by atoms with Gasteiger partial charge in [-0.2, -0.15) is 0 Å². The lowest BCUT2D eigenvalue weighted by Crippen LogP contribution is -2.21. The van der Waals surface area contributed by atoms with Gasteiger partial charge in [0.05, 0.1) is 5.56 Å². The molecule has 0 aliphatic rings. The van der Waals surface area contributed by atoms with E-state index in [1.54, 1.807) is 30.3 Å². The molecule has 1 N–H and O–H groups in total. The van der Waals surface area contributed by atoms with E-state index in [1.165, 1.54) is 0 Å². The number of anilines is 1. The molecule has 25 heavy (non-hydrogen) atoms. The number of rotatable bonds is 4. The summed E-state index contributed by atoms with van der Waals surface area (Å²) < 4.78 is 5.16. The second-order valence-electron chi connectivity index (χ2n) is 5.61. The van der Waals surface area contributed by atoms with Crippen LogP contribution in [0.2, 0.25) is 5.02 Å². The molecular weight excluding hydrogens is 338 g/mol. The SMILES string of the molecule is Cc1cc(Cl)ccc1NC(=O)COC(=O)c1cccc2ccccc12. The summed E-state index contributed by atoms with van der Waals surface area (Å²) in [7, 11) is 0. The number of aryl methyl sites for hydroxylation is 1. The second-order valence-corrected chi connectivity index (χ2v) is 6.05. The lowest BCUT2D eigenvalue weighted by molar-refractivity contribution is -0.119. The molecule has 5 heteroatoms. The minimum absolute atomic E-state index is 0.357. The average Bonchev–Trinajstić information content (AvgIpc) is 2.61. The van der Waals surface area contributed by atoms with Gasteiger partial charge in [0, 0.05) is 10.7 Å². The van der Waals surface area contributed by atoms with E-state index in [1.807, 2.05) is 37.3 Å². The molecule has 0 radical (unpaired) electrons. The Labute approximate surface area is 150 Å². The van der Waals surface area contributed by atoms with Gasteiger partial charge in [0.25, 0.3) is 5.91 Å². The predicted octanol–water partition coefficient (Wildman–Crippen LogP) is 4.60. The first-order chi connectivity index (χ1) is 12.0. The molecule has 0 saturated heterocycles. The summed E-state index contributed by atoms with van der Waals surface area (Å²) in [4.78, 5) is 24.3. The van der Waals surface area contributed by atoms with E-state index < -0.39 is 11.9 Å². The van der Waals surface area contributed by atoms with Gasteiger partial charge in [-0.05, 0) is 47.5 Å². The average molecular weight is 354 g/mol. The van der Waals surface area contributed by atoms with Crippen LogP contribution in [-0.2, 0) is 9.53 Å². The van der Waals surface area contributed by atoms with Crippen LogP contribution in [0.4, 0.5) is 5.69 Å². The molecule has 1 amide bonds. The Bertz CT molecular complexity index is 947. The Morgan fingerprint density at radius 2 is 1.80 bits per heavy atom. The zero-order valence-corrected chi connectivity index (χ0v) is 14.3. The molecule has 3 rings (SSSR count). The van der Waals surface area contributed by atoms with Crippen LogP contribution in [0.25, 0.3) is 10.8 Å². The van der Waals surface area contributed by atoms with Crippen molar-refractivity contribution in [2.75, 3.05) is 11.9 Å². The summed E-state index contributed by atoms with van der Waals surface area (Å²) in [6.45, 7) is 1.48. The van der Waals surface area contributed by atoms with E-state index in [-0.39, 0.29) is 6.61 Å². The van der Waals surface area contributed by atoms with Crippen LogP contribution in [0, 0.1) is 6.92 Å². The summed E-state index contributed by atoms with van der Waals surface area (Å²) in [6, 6.07) is 18.1. The van der Waals surface area contributed by atoms with Crippen LogP contribution in [0.5, 0.6) is 0 Å². The molecule has 3 aromatic rings. The van der Waals surface area contributed by atoms with Gasteiger partial charge in [-0.25, -0.2) is 4.79 Å². The maximum atomic E-state index is 12.3. The van der Waals surface area contributed by atoms with Crippen molar-refractivity contribution >= 4 is 39.9 Å². The largest absolute Gasteiger partial charge is 0.452 e. The highest BCUT2D eigenvalue weighted by molar-refractivity contribution is 6.30. The zero-order valence-electron chi connectivity index (χ0n) is 13.6. The lowest BCUT2D eigenvalue weighted by Gasteiger charge is -2.10. The van der Waals surface area contributed by atoms with Gasteiger partial charge in [-0.3, -0.25) is 4.79 Å². The summed E-state index contributed by atoms with van der Waals surface area (Å²) >= 11 is 5.89. The molecule has 0 heterocycles. The minimum Gasteiger partial charge on any atom is -0.452 e. The third kappa shape index (κ3) is 3.98. The Hall–Kier alpha value is -2.85. The van der Waals surface area contributed by atoms with Crippen molar-refractivity contribution in [3.05, 3.63) is 76.8 Å². The quantitative estimate of drug-likeness (QED) is 0.697. The smallest absolute Gasteiger partial charge is 0.339 e. The molecule has 126 valence electrons. The number of carbonyl (C=O) groups excluding carboxylic acids is 2. The maximum absolute atomic E-state index is 12.3. The number of esters is 1. The van der Waals surface area contributed by atoms with E-state index in [2.05, 4.69) is 5.32 Å². The highest BCUT2D eigenvalue weighted by atomic mass is 35.5. The van der Waals surface area contributed by atoms with Crippen molar-refractivity contribution in [2.24, 2.45) is 0 Å². The summed E-state index contributed by atoms with van der Waals surface area (Å²) in [5.74, 6) is -0.932. The van der Waals surface area contributed by atoms with Crippen molar-refractivity contribution in [2.45, 2.75) is 6.92 Å². The molecule has 0 spiro atoms. The van der Waals surface area contributed by atoms with Gasteiger partial charge in [0.1, 0.15) is 0 Å². The van der Waals surface area contributed by atoms with E-state index in [0.717, 1.165) is 16.3 Å². The van der Waals surface area contributed by atoms with Crippen molar-refractivity contribution in [3.63, 3.8) is 0 Å². The summed E-state index contributed by atoms with van der Waals surface area (Å²) in [5, 5.41) is 5.04. The Morgan fingerprint density at radius 1 is 1.04 bits per heavy atom. The fourth-order valence-electron chi connectivity index (χ4n) is 2.57. The standard InChI is InChI=1S/C20H16ClNO3/c1-13-11-15(21)9-10-18(13)22-19(23)12-25-20(24)17-8-4-6-14-5-2-3-7-16(14)17/h2-11H,12H2,1H3,(H,22,23). The predicted molar refractivity (Wildman–Crippen MR) is 99.0 cm³/mol. The number of fused-ring (bicyclic) bond motifs is 1. The van der Waals surface area contributed by atoms with E-state index >= 15 is 0 Å². The van der Waals surface area contributed by atoms with Gasteiger partial charge >= 0.3 is 5.97 Å².